The molecule has 2 saturated heterocycles. The van der Waals surface area contributed by atoms with Gasteiger partial charge in [-0.15, -0.1) is 0 Å². The Balaban J connectivity index is 2.34. The highest BCUT2D eigenvalue weighted by molar-refractivity contribution is 7.87. The van der Waals surface area contributed by atoms with Gasteiger partial charge >= 0.3 is 32.2 Å². The van der Waals surface area contributed by atoms with Crippen molar-refractivity contribution in [1.29, 1.82) is 0 Å². The molecule has 2 rings (SSSR count). The Labute approximate surface area is 97.1 Å². The van der Waals surface area contributed by atoms with Crippen molar-refractivity contribution in [3.05, 3.63) is 0 Å². The summed E-state index contributed by atoms with van der Waals surface area (Å²) in [6.45, 7) is 0. The van der Waals surface area contributed by atoms with Gasteiger partial charge in [-0.3, -0.25) is 0 Å². The zero-order valence-corrected chi connectivity index (χ0v) is 10.0. The minimum atomic E-state index is -3.97. The van der Waals surface area contributed by atoms with Gasteiger partial charge in [-0.05, 0) is 12.8 Å². The largest absolute Gasteiger partial charge is 0.344 e. The summed E-state index contributed by atoms with van der Waals surface area (Å²) in [5, 5.41) is 0. The first-order valence-electron chi connectivity index (χ1n) is 4.60. The molecule has 8 nitrogen and oxygen atoms in total. The quantitative estimate of drug-likeness (QED) is 0.390. The zero-order valence-electron chi connectivity index (χ0n) is 8.41. The first kappa shape index (κ1) is 12.3. The molecule has 0 aliphatic carbocycles. The van der Waals surface area contributed by atoms with Crippen LogP contribution in [0, 0.1) is 5.41 Å². The van der Waals surface area contributed by atoms with E-state index in [1.165, 1.54) is 0 Å². The van der Waals surface area contributed by atoms with Crippen molar-refractivity contribution >= 4 is 32.2 Å². The van der Waals surface area contributed by atoms with E-state index in [0.29, 0.717) is 0 Å². The second-order valence-corrected chi connectivity index (χ2v) is 7.23. The van der Waals surface area contributed by atoms with Crippen LogP contribution < -0.4 is 0 Å². The summed E-state index contributed by atoms with van der Waals surface area (Å²) in [6, 6.07) is 0. The van der Waals surface area contributed by atoms with Gasteiger partial charge in [-0.1, -0.05) is 0 Å². The maximum Gasteiger partial charge on any atom is 0.339 e. The Hall–Kier alpha value is -1.16. The maximum atomic E-state index is 11.5. The van der Waals surface area contributed by atoms with Crippen LogP contribution in [0.5, 0.6) is 0 Å². The van der Waals surface area contributed by atoms with Crippen LogP contribution in [-0.2, 0) is 38.2 Å². The minimum Gasteiger partial charge on any atom is -0.344 e. The van der Waals surface area contributed by atoms with Crippen LogP contribution >= 0.6 is 0 Å². The predicted octanol–water partition coefficient (Wildman–Crippen LogP) is -1.47. The average molecular weight is 284 g/mol. The highest BCUT2D eigenvalue weighted by atomic mass is 32.2. The van der Waals surface area contributed by atoms with Crippen molar-refractivity contribution in [2.24, 2.45) is 5.41 Å². The van der Waals surface area contributed by atoms with E-state index in [1.54, 1.807) is 0 Å². The Morgan fingerprint density at radius 2 is 1.18 bits per heavy atom. The van der Waals surface area contributed by atoms with Gasteiger partial charge in [0, 0.05) is 0 Å². The van der Waals surface area contributed by atoms with Crippen molar-refractivity contribution in [1.82, 2.24) is 0 Å². The standard InChI is InChI=1S/C7H8O8S2/c8-5-7(1-3-16(10,11)14-5)2-4-17(12,13)15-6(7)9/h1-4H2. The maximum absolute atomic E-state index is 11.5. The van der Waals surface area contributed by atoms with Crippen molar-refractivity contribution < 1.29 is 34.8 Å². The number of carbonyl (C=O) groups is 2. The molecule has 0 N–H and O–H groups in total. The Kier molecular flexibility index (Phi) is 2.47. The summed E-state index contributed by atoms with van der Waals surface area (Å²) in [5.74, 6) is -3.56. The predicted molar refractivity (Wildman–Crippen MR) is 51.4 cm³/mol. The average Bonchev–Trinajstić information content (AvgIpc) is 2.13. The highest BCUT2D eigenvalue weighted by Crippen LogP contribution is 2.39. The van der Waals surface area contributed by atoms with E-state index < -0.39 is 49.1 Å². The fraction of sp³-hybridized carbons (Fsp3) is 0.714. The van der Waals surface area contributed by atoms with Crippen LogP contribution in [0.4, 0.5) is 0 Å². The topological polar surface area (TPSA) is 121 Å². The Bertz CT molecular complexity index is 529. The number of hydrogen-bond acceptors (Lipinski definition) is 8. The van der Waals surface area contributed by atoms with E-state index in [2.05, 4.69) is 8.37 Å². The molecule has 2 fully saturated rings. The molecule has 0 saturated carbocycles. The lowest BCUT2D eigenvalue weighted by molar-refractivity contribution is -0.163. The summed E-state index contributed by atoms with van der Waals surface area (Å²) in [7, 11) is -7.93. The van der Waals surface area contributed by atoms with Crippen LogP contribution in [-0.4, -0.2) is 40.3 Å². The summed E-state index contributed by atoms with van der Waals surface area (Å²) in [5.41, 5.74) is -1.80. The molecule has 1 spiro atoms. The third-order valence-corrected chi connectivity index (χ3v) is 4.96. The molecular weight excluding hydrogens is 276 g/mol. The smallest absolute Gasteiger partial charge is 0.339 e. The van der Waals surface area contributed by atoms with E-state index in [1.807, 2.05) is 0 Å². The van der Waals surface area contributed by atoms with Gasteiger partial charge in [0.1, 0.15) is 0 Å². The molecule has 96 valence electrons. The Morgan fingerprint density at radius 3 is 1.47 bits per heavy atom. The SMILES string of the molecule is O=C1OS(=O)(=O)CCC12CCS(=O)(=O)OC2=O. The normalized spacial score (nSPS) is 29.4. The minimum absolute atomic E-state index is 0.317. The summed E-state index contributed by atoms with van der Waals surface area (Å²) in [6.07, 6.45) is -0.634. The lowest BCUT2D eigenvalue weighted by Crippen LogP contribution is -2.52. The molecule has 17 heavy (non-hydrogen) atoms. The summed E-state index contributed by atoms with van der Waals surface area (Å²) >= 11 is 0. The van der Waals surface area contributed by atoms with Crippen molar-refractivity contribution in [3.8, 4) is 0 Å². The van der Waals surface area contributed by atoms with E-state index in [0.717, 1.165) is 0 Å². The van der Waals surface area contributed by atoms with Crippen LogP contribution in [0.2, 0.25) is 0 Å². The second kappa shape index (κ2) is 3.42. The van der Waals surface area contributed by atoms with E-state index in [4.69, 9.17) is 0 Å². The van der Waals surface area contributed by atoms with Gasteiger partial charge in [0.05, 0.1) is 11.5 Å². The van der Waals surface area contributed by atoms with Gasteiger partial charge in [0.25, 0.3) is 0 Å². The van der Waals surface area contributed by atoms with E-state index in [-0.39, 0.29) is 12.8 Å². The number of hydrogen-bond donors (Lipinski definition) is 0. The Morgan fingerprint density at radius 1 is 0.824 bits per heavy atom. The fourth-order valence-electron chi connectivity index (χ4n) is 1.69. The van der Waals surface area contributed by atoms with Gasteiger partial charge in [-0.25, -0.2) is 9.59 Å². The molecule has 0 amide bonds. The lowest BCUT2D eigenvalue weighted by atomic mass is 9.82. The lowest BCUT2D eigenvalue weighted by Gasteiger charge is -2.34. The van der Waals surface area contributed by atoms with Gasteiger partial charge in [0.15, 0.2) is 5.41 Å². The van der Waals surface area contributed by atoms with Gasteiger partial charge in [-0.2, -0.15) is 16.8 Å². The first-order valence-corrected chi connectivity index (χ1v) is 7.76. The molecule has 0 unspecified atom stereocenters. The molecule has 10 heteroatoms. The number of carbonyl (C=O) groups excluding carboxylic acids is 2. The molecule has 0 atom stereocenters. The van der Waals surface area contributed by atoms with Crippen molar-refractivity contribution in [2.75, 3.05) is 11.5 Å². The third kappa shape index (κ3) is 2.02. The summed E-state index contributed by atoms with van der Waals surface area (Å²) < 4.78 is 52.3. The molecule has 2 aliphatic rings. The van der Waals surface area contributed by atoms with Crippen LogP contribution in [0.3, 0.4) is 0 Å². The zero-order chi connectivity index (χ0) is 12.9. The van der Waals surface area contributed by atoms with Crippen molar-refractivity contribution in [2.45, 2.75) is 12.8 Å². The molecule has 0 radical (unpaired) electrons. The number of rotatable bonds is 0. The molecule has 2 heterocycles. The van der Waals surface area contributed by atoms with E-state index in [9.17, 15) is 26.4 Å². The van der Waals surface area contributed by atoms with Crippen LogP contribution in [0.1, 0.15) is 12.8 Å². The molecule has 0 aromatic rings. The molecule has 2 aliphatic heterocycles. The second-order valence-electron chi connectivity index (χ2n) is 3.85. The van der Waals surface area contributed by atoms with Crippen LogP contribution in [0.25, 0.3) is 0 Å². The molecule has 0 aromatic heterocycles. The van der Waals surface area contributed by atoms with E-state index >= 15 is 0 Å². The van der Waals surface area contributed by atoms with Crippen LogP contribution in [0.15, 0.2) is 0 Å². The van der Waals surface area contributed by atoms with Gasteiger partial charge in [0.2, 0.25) is 0 Å². The third-order valence-electron chi connectivity index (χ3n) is 2.74. The molecule has 0 aromatic carbocycles. The highest BCUT2D eigenvalue weighted by Gasteiger charge is 2.57. The molecule has 0 bridgehead atoms. The fourth-order valence-corrected chi connectivity index (χ4v) is 3.83. The molecular formula is C7H8O8S2. The first-order chi connectivity index (χ1) is 7.67. The van der Waals surface area contributed by atoms with Crippen molar-refractivity contribution in [3.63, 3.8) is 0 Å². The summed E-state index contributed by atoms with van der Waals surface area (Å²) in [4.78, 5) is 23.0. The monoisotopic (exact) mass is 284 g/mol. The van der Waals surface area contributed by atoms with Gasteiger partial charge < -0.3 is 8.37 Å².